The molecule has 0 N–H and O–H groups in total. The Hall–Kier alpha value is -3.48. The second-order valence-corrected chi connectivity index (χ2v) is 6.91. The third kappa shape index (κ3) is 3.83. The Morgan fingerprint density at radius 2 is 1.87 bits per heavy atom. The van der Waals surface area contributed by atoms with Crippen molar-refractivity contribution in [1.29, 1.82) is 0 Å². The number of ether oxygens (including phenoxy) is 3. The first-order chi connectivity index (χ1) is 14.6. The zero-order chi connectivity index (χ0) is 21.1. The summed E-state index contributed by atoms with van der Waals surface area (Å²) in [5, 5.41) is 0. The number of hydrogen-bond donors (Lipinski definition) is 0. The number of carbonyl (C=O) groups is 1. The van der Waals surface area contributed by atoms with Crippen molar-refractivity contribution >= 4 is 5.91 Å². The Kier molecular flexibility index (Phi) is 5.61. The van der Waals surface area contributed by atoms with Crippen LogP contribution in [0.3, 0.4) is 0 Å². The van der Waals surface area contributed by atoms with Crippen LogP contribution in [-0.2, 0) is 6.42 Å². The van der Waals surface area contributed by atoms with Crippen LogP contribution in [0.1, 0.15) is 27.7 Å². The maximum Gasteiger partial charge on any atom is 0.290 e. The maximum atomic E-state index is 13.2. The van der Waals surface area contributed by atoms with Crippen LogP contribution in [0.25, 0.3) is 0 Å². The van der Waals surface area contributed by atoms with E-state index in [0.717, 1.165) is 11.1 Å². The van der Waals surface area contributed by atoms with Gasteiger partial charge in [0.05, 0.1) is 26.5 Å². The Bertz CT molecular complexity index is 1020. The lowest BCUT2D eigenvalue weighted by Crippen LogP contribution is -2.42. The molecule has 4 rings (SSSR count). The van der Waals surface area contributed by atoms with Crippen molar-refractivity contribution in [3.05, 3.63) is 77.5 Å². The lowest BCUT2D eigenvalue weighted by atomic mass is 9.92. The fourth-order valence-electron chi connectivity index (χ4n) is 3.70. The molecule has 0 unspecified atom stereocenters. The first-order valence-corrected chi connectivity index (χ1v) is 9.58. The number of methoxy groups -OCH3 is 2. The van der Waals surface area contributed by atoms with E-state index in [1.54, 1.807) is 43.4 Å². The summed E-state index contributed by atoms with van der Waals surface area (Å²) in [5.74, 6) is 1.46. The third-order valence-corrected chi connectivity index (χ3v) is 5.22. The summed E-state index contributed by atoms with van der Waals surface area (Å²) in [6.07, 6.45) is 2.14. The molecule has 30 heavy (non-hydrogen) atoms. The zero-order valence-electron chi connectivity index (χ0n) is 16.8. The highest BCUT2D eigenvalue weighted by molar-refractivity contribution is 5.92. The molecule has 2 aromatic carbocycles. The second kappa shape index (κ2) is 8.49. The summed E-state index contributed by atoms with van der Waals surface area (Å²) >= 11 is 0. The Morgan fingerprint density at radius 3 is 2.53 bits per heavy atom. The summed E-state index contributed by atoms with van der Waals surface area (Å²) in [5.41, 5.74) is 1.98. The van der Waals surface area contributed by atoms with Crippen molar-refractivity contribution in [1.82, 2.24) is 4.90 Å². The molecule has 2 heterocycles. The first kappa shape index (κ1) is 19.8. The van der Waals surface area contributed by atoms with Crippen molar-refractivity contribution in [3.63, 3.8) is 0 Å². The molecule has 0 spiro atoms. The molecule has 6 nitrogen and oxygen atoms in total. The molecular formula is C23H22FNO5. The predicted molar refractivity (Wildman–Crippen MR) is 108 cm³/mol. The average Bonchev–Trinajstić information content (AvgIpc) is 3.32. The molecule has 1 aliphatic heterocycles. The highest BCUT2D eigenvalue weighted by atomic mass is 19.1. The van der Waals surface area contributed by atoms with Crippen molar-refractivity contribution in [2.45, 2.75) is 12.5 Å². The average molecular weight is 411 g/mol. The predicted octanol–water partition coefficient (Wildman–Crippen LogP) is 4.25. The fraction of sp³-hybridized carbons (Fsp3) is 0.261. The minimum atomic E-state index is -0.379. The van der Waals surface area contributed by atoms with Gasteiger partial charge in [0.25, 0.3) is 5.91 Å². The number of halogens is 1. The van der Waals surface area contributed by atoms with Crippen LogP contribution in [-0.4, -0.2) is 38.2 Å². The smallest absolute Gasteiger partial charge is 0.290 e. The molecule has 0 saturated carbocycles. The van der Waals surface area contributed by atoms with Gasteiger partial charge in [-0.05, 0) is 66.1 Å². The van der Waals surface area contributed by atoms with Gasteiger partial charge in [-0.2, -0.15) is 0 Å². The lowest BCUT2D eigenvalue weighted by molar-refractivity contribution is 0.0557. The minimum absolute atomic E-state index is 0.195. The van der Waals surface area contributed by atoms with Crippen LogP contribution in [0.15, 0.2) is 59.2 Å². The Balaban J connectivity index is 1.69. The molecule has 156 valence electrons. The van der Waals surface area contributed by atoms with Gasteiger partial charge in [0.15, 0.2) is 17.3 Å². The zero-order valence-corrected chi connectivity index (χ0v) is 16.8. The summed E-state index contributed by atoms with van der Waals surface area (Å²) in [4.78, 5) is 14.8. The summed E-state index contributed by atoms with van der Waals surface area (Å²) < 4.78 is 35.3. The van der Waals surface area contributed by atoms with Crippen LogP contribution in [0.5, 0.6) is 17.2 Å². The monoisotopic (exact) mass is 411 g/mol. The van der Waals surface area contributed by atoms with E-state index in [-0.39, 0.29) is 30.1 Å². The molecule has 1 amide bonds. The number of hydrogen-bond acceptors (Lipinski definition) is 5. The molecule has 0 radical (unpaired) electrons. The molecule has 7 heteroatoms. The molecule has 0 bridgehead atoms. The number of carbonyl (C=O) groups excluding carboxylic acids is 1. The second-order valence-electron chi connectivity index (χ2n) is 6.91. The van der Waals surface area contributed by atoms with E-state index in [9.17, 15) is 9.18 Å². The van der Waals surface area contributed by atoms with Gasteiger partial charge in [0.2, 0.25) is 0 Å². The summed E-state index contributed by atoms with van der Waals surface area (Å²) in [6, 6.07) is 12.6. The van der Waals surface area contributed by atoms with Crippen LogP contribution in [0, 0.1) is 5.82 Å². The quantitative estimate of drug-likeness (QED) is 0.607. The SMILES string of the molecule is COc1cc2c(cc1OC)[C@H](COc1ccc(F)cc1)N(C(=O)c1ccco1)CC2. The number of fused-ring (bicyclic) bond motifs is 1. The Labute approximate surface area is 173 Å². The standard InChI is InChI=1S/C23H22FNO5/c1-27-21-12-15-9-10-25(23(26)20-4-3-11-29-20)19(18(15)13-22(21)28-2)14-30-17-7-5-16(24)6-8-17/h3-8,11-13,19H,9-10,14H2,1-2H3/t19-/m0/s1. The lowest BCUT2D eigenvalue weighted by Gasteiger charge is -2.37. The Morgan fingerprint density at radius 1 is 1.13 bits per heavy atom. The minimum Gasteiger partial charge on any atom is -0.493 e. The topological polar surface area (TPSA) is 61.1 Å². The number of benzene rings is 2. The number of rotatable bonds is 6. The van der Waals surface area contributed by atoms with E-state index < -0.39 is 0 Å². The number of amides is 1. The molecular weight excluding hydrogens is 389 g/mol. The summed E-state index contributed by atoms with van der Waals surface area (Å²) in [7, 11) is 3.16. The third-order valence-electron chi connectivity index (χ3n) is 5.22. The molecule has 3 aromatic rings. The van der Waals surface area contributed by atoms with Crippen molar-refractivity contribution < 1.29 is 27.8 Å². The fourth-order valence-corrected chi connectivity index (χ4v) is 3.70. The number of furan rings is 1. The van der Waals surface area contributed by atoms with Gasteiger partial charge in [0, 0.05) is 6.54 Å². The van der Waals surface area contributed by atoms with Gasteiger partial charge < -0.3 is 23.5 Å². The van der Waals surface area contributed by atoms with Gasteiger partial charge in [-0.25, -0.2) is 4.39 Å². The summed E-state index contributed by atoms with van der Waals surface area (Å²) in [6.45, 7) is 0.694. The normalized spacial score (nSPS) is 15.4. The highest BCUT2D eigenvalue weighted by Gasteiger charge is 2.34. The van der Waals surface area contributed by atoms with Gasteiger partial charge in [-0.15, -0.1) is 0 Å². The molecule has 0 saturated heterocycles. The van der Waals surface area contributed by atoms with Crippen molar-refractivity contribution in [2.24, 2.45) is 0 Å². The maximum absolute atomic E-state index is 13.2. The van der Waals surface area contributed by atoms with E-state index in [2.05, 4.69) is 0 Å². The van der Waals surface area contributed by atoms with Crippen LogP contribution in [0.4, 0.5) is 4.39 Å². The van der Waals surface area contributed by atoms with E-state index in [0.29, 0.717) is 30.2 Å². The van der Waals surface area contributed by atoms with E-state index in [1.165, 1.54) is 18.4 Å². The number of nitrogens with zero attached hydrogens (tertiary/aromatic N) is 1. The van der Waals surface area contributed by atoms with Crippen molar-refractivity contribution in [3.8, 4) is 17.2 Å². The molecule has 1 aliphatic rings. The van der Waals surface area contributed by atoms with Crippen LogP contribution < -0.4 is 14.2 Å². The molecule has 0 aliphatic carbocycles. The highest BCUT2D eigenvalue weighted by Crippen LogP contribution is 2.39. The van der Waals surface area contributed by atoms with E-state index in [4.69, 9.17) is 18.6 Å². The van der Waals surface area contributed by atoms with E-state index in [1.807, 2.05) is 12.1 Å². The van der Waals surface area contributed by atoms with Gasteiger partial charge in [-0.3, -0.25) is 4.79 Å². The van der Waals surface area contributed by atoms with Crippen LogP contribution >= 0.6 is 0 Å². The van der Waals surface area contributed by atoms with Gasteiger partial charge in [0.1, 0.15) is 18.2 Å². The largest absolute Gasteiger partial charge is 0.493 e. The molecule has 1 atom stereocenters. The van der Waals surface area contributed by atoms with Gasteiger partial charge in [-0.1, -0.05) is 0 Å². The van der Waals surface area contributed by atoms with Gasteiger partial charge >= 0.3 is 0 Å². The van der Waals surface area contributed by atoms with Crippen molar-refractivity contribution in [2.75, 3.05) is 27.4 Å². The van der Waals surface area contributed by atoms with E-state index >= 15 is 0 Å². The van der Waals surface area contributed by atoms with Crippen LogP contribution in [0.2, 0.25) is 0 Å². The molecule has 1 aromatic heterocycles. The molecule has 0 fully saturated rings. The first-order valence-electron chi connectivity index (χ1n) is 9.58.